The number of H-pyrrole nitrogens is 2. The molecule has 136 valence electrons. The first-order valence-electron chi connectivity index (χ1n) is 8.91. The quantitative estimate of drug-likeness (QED) is 0.519. The number of aryl methyl sites for hydroxylation is 3. The molecule has 0 aliphatic carbocycles. The van der Waals surface area contributed by atoms with Crippen molar-refractivity contribution in [1.82, 2.24) is 15.3 Å². The highest BCUT2D eigenvalue weighted by Gasteiger charge is 2.13. The summed E-state index contributed by atoms with van der Waals surface area (Å²) in [6.45, 7) is 6.32. The summed E-state index contributed by atoms with van der Waals surface area (Å²) in [6.07, 6.45) is 0. The van der Waals surface area contributed by atoms with E-state index >= 15 is 0 Å². The zero-order valence-electron chi connectivity index (χ0n) is 15.6. The summed E-state index contributed by atoms with van der Waals surface area (Å²) in [5.74, 6) is -0.373. The molecule has 2 heterocycles. The fourth-order valence-electron chi connectivity index (χ4n) is 3.57. The highest BCUT2D eigenvalue weighted by Crippen LogP contribution is 2.19. The molecule has 0 bridgehead atoms. The molecule has 3 N–H and O–H groups in total. The second-order valence-corrected chi connectivity index (χ2v) is 7.11. The van der Waals surface area contributed by atoms with Gasteiger partial charge in [-0.2, -0.15) is 0 Å². The normalized spacial score (nSPS) is 11.2. The molecule has 2 aromatic heterocycles. The minimum atomic E-state index is -0.373. The summed E-state index contributed by atoms with van der Waals surface area (Å²) in [6, 6.07) is 13.7. The molecule has 4 rings (SSSR count). The predicted molar refractivity (Wildman–Crippen MR) is 108 cm³/mol. The summed E-state index contributed by atoms with van der Waals surface area (Å²) in [5.41, 5.74) is 5.76. The van der Waals surface area contributed by atoms with Crippen LogP contribution in [-0.2, 0) is 6.54 Å². The molecule has 4 aromatic rings. The highest BCUT2D eigenvalue weighted by atomic mass is 16.2. The molecule has 5 heteroatoms. The summed E-state index contributed by atoms with van der Waals surface area (Å²) >= 11 is 0. The van der Waals surface area contributed by atoms with E-state index in [0.29, 0.717) is 6.54 Å². The third-order valence-electron chi connectivity index (χ3n) is 4.81. The van der Waals surface area contributed by atoms with Gasteiger partial charge in [0.2, 0.25) is 0 Å². The Morgan fingerprint density at radius 2 is 1.78 bits per heavy atom. The molecular weight excluding hydrogens is 338 g/mol. The van der Waals surface area contributed by atoms with Gasteiger partial charge in [0.05, 0.1) is 5.52 Å². The predicted octanol–water partition coefficient (Wildman–Crippen LogP) is 3.86. The van der Waals surface area contributed by atoms with Crippen LogP contribution in [0, 0.1) is 20.8 Å². The van der Waals surface area contributed by atoms with Crippen molar-refractivity contribution in [3.63, 3.8) is 0 Å². The Labute approximate surface area is 156 Å². The number of rotatable bonds is 3. The van der Waals surface area contributed by atoms with E-state index in [9.17, 15) is 9.59 Å². The Bertz CT molecular complexity index is 1250. The fraction of sp³-hybridized carbons (Fsp3) is 0.182. The van der Waals surface area contributed by atoms with E-state index in [1.165, 1.54) is 0 Å². The van der Waals surface area contributed by atoms with E-state index in [0.717, 1.165) is 44.2 Å². The van der Waals surface area contributed by atoms with E-state index in [1.807, 2.05) is 51.1 Å². The SMILES string of the molecule is Cc1cc(C)c2[nH]c(=O)c(C(=O)NCc3ccc4[nH]c(C)cc4c3)cc2c1. The monoisotopic (exact) mass is 359 g/mol. The van der Waals surface area contributed by atoms with E-state index < -0.39 is 0 Å². The van der Waals surface area contributed by atoms with Crippen LogP contribution in [0.25, 0.3) is 21.8 Å². The minimum Gasteiger partial charge on any atom is -0.359 e. The fourth-order valence-corrected chi connectivity index (χ4v) is 3.57. The van der Waals surface area contributed by atoms with Crippen molar-refractivity contribution in [3.05, 3.63) is 80.8 Å². The van der Waals surface area contributed by atoms with E-state index in [1.54, 1.807) is 6.07 Å². The molecule has 0 fully saturated rings. The number of aromatic amines is 2. The average molecular weight is 359 g/mol. The summed E-state index contributed by atoms with van der Waals surface area (Å²) in [4.78, 5) is 31.1. The zero-order valence-corrected chi connectivity index (χ0v) is 15.6. The smallest absolute Gasteiger partial charge is 0.261 e. The maximum Gasteiger partial charge on any atom is 0.261 e. The van der Waals surface area contributed by atoms with Crippen LogP contribution < -0.4 is 10.9 Å². The lowest BCUT2D eigenvalue weighted by molar-refractivity contribution is 0.0949. The maximum absolute atomic E-state index is 12.6. The topological polar surface area (TPSA) is 77.8 Å². The van der Waals surface area contributed by atoms with Crippen LogP contribution in [0.1, 0.15) is 32.7 Å². The van der Waals surface area contributed by atoms with Crippen LogP contribution in [0.15, 0.2) is 47.3 Å². The highest BCUT2D eigenvalue weighted by molar-refractivity contribution is 5.97. The van der Waals surface area contributed by atoms with Crippen LogP contribution in [0.5, 0.6) is 0 Å². The molecule has 0 saturated carbocycles. The van der Waals surface area contributed by atoms with Crippen molar-refractivity contribution >= 4 is 27.7 Å². The number of carbonyl (C=O) groups excluding carboxylic acids is 1. The summed E-state index contributed by atoms with van der Waals surface area (Å²) in [5, 5.41) is 4.82. The van der Waals surface area contributed by atoms with Gasteiger partial charge in [0.1, 0.15) is 5.56 Å². The van der Waals surface area contributed by atoms with Gasteiger partial charge < -0.3 is 15.3 Å². The molecule has 0 saturated heterocycles. The second kappa shape index (κ2) is 6.43. The van der Waals surface area contributed by atoms with Gasteiger partial charge in [-0.1, -0.05) is 17.7 Å². The van der Waals surface area contributed by atoms with Gasteiger partial charge in [-0.25, -0.2) is 0 Å². The summed E-state index contributed by atoms with van der Waals surface area (Å²) < 4.78 is 0. The average Bonchev–Trinajstić information content (AvgIpc) is 2.99. The van der Waals surface area contributed by atoms with Gasteiger partial charge in [0.25, 0.3) is 11.5 Å². The van der Waals surface area contributed by atoms with Crippen molar-refractivity contribution in [2.45, 2.75) is 27.3 Å². The summed E-state index contributed by atoms with van der Waals surface area (Å²) in [7, 11) is 0. The first-order valence-corrected chi connectivity index (χ1v) is 8.91. The van der Waals surface area contributed by atoms with Crippen molar-refractivity contribution in [3.8, 4) is 0 Å². The van der Waals surface area contributed by atoms with Gasteiger partial charge >= 0.3 is 0 Å². The third kappa shape index (κ3) is 3.24. The second-order valence-electron chi connectivity index (χ2n) is 7.11. The van der Waals surface area contributed by atoms with Crippen molar-refractivity contribution in [2.75, 3.05) is 0 Å². The lowest BCUT2D eigenvalue weighted by Crippen LogP contribution is -2.29. The molecule has 0 radical (unpaired) electrons. The van der Waals surface area contributed by atoms with Gasteiger partial charge in [-0.3, -0.25) is 9.59 Å². The van der Waals surface area contributed by atoms with Gasteiger partial charge in [-0.15, -0.1) is 0 Å². The molecule has 0 aliphatic heterocycles. The Kier molecular flexibility index (Phi) is 4.07. The Balaban J connectivity index is 1.60. The van der Waals surface area contributed by atoms with Gasteiger partial charge in [-0.05, 0) is 73.0 Å². The van der Waals surface area contributed by atoms with Crippen LogP contribution in [-0.4, -0.2) is 15.9 Å². The number of nitrogens with one attached hydrogen (secondary N) is 3. The lowest BCUT2D eigenvalue weighted by atomic mass is 10.0. The van der Waals surface area contributed by atoms with E-state index in [4.69, 9.17) is 0 Å². The van der Waals surface area contributed by atoms with E-state index in [2.05, 4.69) is 21.4 Å². The zero-order chi connectivity index (χ0) is 19.1. The number of pyridine rings is 1. The molecule has 1 amide bonds. The number of hydrogen-bond acceptors (Lipinski definition) is 2. The Hall–Kier alpha value is -3.34. The third-order valence-corrected chi connectivity index (χ3v) is 4.81. The Morgan fingerprint density at radius 1 is 0.963 bits per heavy atom. The minimum absolute atomic E-state index is 0.131. The largest absolute Gasteiger partial charge is 0.359 e. The molecule has 27 heavy (non-hydrogen) atoms. The molecule has 0 atom stereocenters. The van der Waals surface area contributed by atoms with E-state index in [-0.39, 0.29) is 17.0 Å². The molecular formula is C22H21N3O2. The number of aromatic nitrogens is 2. The maximum atomic E-state index is 12.6. The van der Waals surface area contributed by atoms with Crippen LogP contribution in [0.3, 0.4) is 0 Å². The molecule has 0 unspecified atom stereocenters. The standard InChI is InChI=1S/C22H21N3O2/c1-12-6-13(2)20-17(7-12)10-18(22(27)25-20)21(26)23-11-15-4-5-19-16(9-15)8-14(3)24-19/h4-10,24H,11H2,1-3H3,(H,23,26)(H,25,27). The Morgan fingerprint density at radius 3 is 2.59 bits per heavy atom. The molecule has 0 spiro atoms. The van der Waals surface area contributed by atoms with Crippen LogP contribution in [0.2, 0.25) is 0 Å². The molecule has 5 nitrogen and oxygen atoms in total. The van der Waals surface area contributed by atoms with Gasteiger partial charge in [0, 0.05) is 17.8 Å². The van der Waals surface area contributed by atoms with Gasteiger partial charge in [0.15, 0.2) is 0 Å². The number of fused-ring (bicyclic) bond motifs is 2. The first kappa shape index (κ1) is 17.1. The van der Waals surface area contributed by atoms with Crippen molar-refractivity contribution in [1.29, 1.82) is 0 Å². The first-order chi connectivity index (χ1) is 12.9. The number of hydrogen-bond donors (Lipinski definition) is 3. The van der Waals surface area contributed by atoms with Crippen LogP contribution in [0.4, 0.5) is 0 Å². The van der Waals surface area contributed by atoms with Crippen molar-refractivity contribution < 1.29 is 4.79 Å². The number of amides is 1. The number of benzene rings is 2. The molecule has 2 aromatic carbocycles. The van der Waals surface area contributed by atoms with Crippen LogP contribution >= 0.6 is 0 Å². The number of carbonyl (C=O) groups is 1. The van der Waals surface area contributed by atoms with Crippen molar-refractivity contribution in [2.24, 2.45) is 0 Å². The lowest BCUT2D eigenvalue weighted by Gasteiger charge is -2.08. The molecule has 0 aliphatic rings.